The zero-order chi connectivity index (χ0) is 13.0. The van der Waals surface area contributed by atoms with Crippen molar-refractivity contribution in [2.75, 3.05) is 13.7 Å². The van der Waals surface area contributed by atoms with Gasteiger partial charge in [0.25, 0.3) is 0 Å². The molecule has 0 aliphatic heterocycles. The van der Waals surface area contributed by atoms with Crippen molar-refractivity contribution < 1.29 is 14.6 Å². The van der Waals surface area contributed by atoms with Gasteiger partial charge in [-0.25, -0.2) is 9.78 Å². The second-order valence-electron chi connectivity index (χ2n) is 3.77. The van der Waals surface area contributed by atoms with E-state index in [9.17, 15) is 4.79 Å². The molecule has 5 nitrogen and oxygen atoms in total. The van der Waals surface area contributed by atoms with Crippen molar-refractivity contribution in [2.45, 2.75) is 6.54 Å². The molecule has 1 N–H and O–H groups in total. The standard InChI is InChI=1S/C13H14N2O3/c1-18-13(17)5-3-10-2-4-12-11(8-10)14-9-15(12)6-7-16/h2-5,8-9,16H,6-7H2,1H3/b5-3+. The molecule has 0 aliphatic carbocycles. The van der Waals surface area contributed by atoms with E-state index in [0.717, 1.165) is 16.6 Å². The van der Waals surface area contributed by atoms with Crippen molar-refractivity contribution in [1.29, 1.82) is 0 Å². The minimum absolute atomic E-state index is 0.0788. The van der Waals surface area contributed by atoms with Gasteiger partial charge in [0.05, 0.1) is 31.1 Å². The smallest absolute Gasteiger partial charge is 0.330 e. The van der Waals surface area contributed by atoms with Crippen LogP contribution in [-0.4, -0.2) is 34.3 Å². The lowest BCUT2D eigenvalue weighted by atomic mass is 10.2. The molecule has 5 heteroatoms. The highest BCUT2D eigenvalue weighted by Crippen LogP contribution is 2.15. The van der Waals surface area contributed by atoms with Crippen LogP contribution in [0.5, 0.6) is 0 Å². The summed E-state index contributed by atoms with van der Waals surface area (Å²) in [6, 6.07) is 5.68. The maximum atomic E-state index is 11.0. The third kappa shape index (κ3) is 2.57. The molecular formula is C13H14N2O3. The second kappa shape index (κ2) is 5.46. The maximum absolute atomic E-state index is 11.0. The largest absolute Gasteiger partial charge is 0.466 e. The number of methoxy groups -OCH3 is 1. The predicted octanol–water partition coefficient (Wildman–Crippen LogP) is 1.21. The molecule has 0 saturated heterocycles. The van der Waals surface area contributed by atoms with Gasteiger partial charge in [-0.15, -0.1) is 0 Å². The predicted molar refractivity (Wildman–Crippen MR) is 67.9 cm³/mol. The minimum atomic E-state index is -0.388. The van der Waals surface area contributed by atoms with E-state index in [1.807, 2.05) is 22.8 Å². The fraction of sp³-hybridized carbons (Fsp3) is 0.231. The quantitative estimate of drug-likeness (QED) is 0.650. The van der Waals surface area contributed by atoms with Crippen LogP contribution in [0.15, 0.2) is 30.6 Å². The van der Waals surface area contributed by atoms with Crippen molar-refractivity contribution in [3.63, 3.8) is 0 Å². The fourth-order valence-electron chi connectivity index (χ4n) is 1.70. The average molecular weight is 246 g/mol. The van der Waals surface area contributed by atoms with Crippen molar-refractivity contribution >= 4 is 23.1 Å². The van der Waals surface area contributed by atoms with E-state index in [4.69, 9.17) is 5.11 Å². The highest BCUT2D eigenvalue weighted by atomic mass is 16.5. The lowest BCUT2D eigenvalue weighted by molar-refractivity contribution is -0.134. The molecule has 0 atom stereocenters. The van der Waals surface area contributed by atoms with Gasteiger partial charge in [-0.1, -0.05) is 6.07 Å². The van der Waals surface area contributed by atoms with Gasteiger partial charge in [-0.05, 0) is 23.8 Å². The Bertz CT molecular complexity index is 587. The number of carbonyl (C=O) groups is 1. The number of ether oxygens (including phenoxy) is 1. The number of hydrogen-bond acceptors (Lipinski definition) is 4. The Morgan fingerprint density at radius 3 is 3.11 bits per heavy atom. The molecule has 0 spiro atoms. The maximum Gasteiger partial charge on any atom is 0.330 e. The summed E-state index contributed by atoms with van der Waals surface area (Å²) in [7, 11) is 1.34. The molecule has 0 amide bonds. The van der Waals surface area contributed by atoms with Crippen LogP contribution < -0.4 is 0 Å². The molecule has 0 unspecified atom stereocenters. The number of aromatic nitrogens is 2. The second-order valence-corrected chi connectivity index (χ2v) is 3.77. The first-order chi connectivity index (χ1) is 8.74. The number of benzene rings is 1. The first-order valence-electron chi connectivity index (χ1n) is 5.56. The number of carbonyl (C=O) groups excluding carboxylic acids is 1. The van der Waals surface area contributed by atoms with Gasteiger partial charge >= 0.3 is 5.97 Å². The number of aliphatic hydroxyl groups is 1. The molecular weight excluding hydrogens is 232 g/mol. The fourth-order valence-corrected chi connectivity index (χ4v) is 1.70. The summed E-state index contributed by atoms with van der Waals surface area (Å²) in [4.78, 5) is 15.2. The molecule has 2 aromatic rings. The number of hydrogen-bond donors (Lipinski definition) is 1. The average Bonchev–Trinajstić information content (AvgIpc) is 2.79. The summed E-state index contributed by atoms with van der Waals surface area (Å²) < 4.78 is 6.40. The Morgan fingerprint density at radius 2 is 2.39 bits per heavy atom. The van der Waals surface area contributed by atoms with Crippen LogP contribution in [0.2, 0.25) is 0 Å². The van der Waals surface area contributed by atoms with E-state index in [2.05, 4.69) is 9.72 Å². The van der Waals surface area contributed by atoms with E-state index in [1.165, 1.54) is 13.2 Å². The van der Waals surface area contributed by atoms with Gasteiger partial charge in [0.1, 0.15) is 0 Å². The van der Waals surface area contributed by atoms with E-state index in [1.54, 1.807) is 12.4 Å². The third-order valence-electron chi connectivity index (χ3n) is 2.60. The molecule has 0 bridgehead atoms. The molecule has 2 rings (SSSR count). The zero-order valence-corrected chi connectivity index (χ0v) is 10.0. The molecule has 1 aromatic heterocycles. The Labute approximate surface area is 104 Å². The normalized spacial score (nSPS) is 11.2. The van der Waals surface area contributed by atoms with E-state index < -0.39 is 0 Å². The molecule has 0 fully saturated rings. The SMILES string of the molecule is COC(=O)/C=C/c1ccc2c(c1)ncn2CCO. The van der Waals surface area contributed by atoms with Crippen LogP contribution in [0.1, 0.15) is 5.56 Å². The van der Waals surface area contributed by atoms with Crippen molar-refractivity contribution in [3.8, 4) is 0 Å². The first kappa shape index (κ1) is 12.3. The van der Waals surface area contributed by atoms with Gasteiger partial charge in [-0.3, -0.25) is 0 Å². The number of rotatable bonds is 4. The Morgan fingerprint density at radius 1 is 1.56 bits per heavy atom. The zero-order valence-electron chi connectivity index (χ0n) is 10.0. The van der Waals surface area contributed by atoms with Gasteiger partial charge < -0.3 is 14.4 Å². The summed E-state index contributed by atoms with van der Waals surface area (Å²) in [5.74, 6) is -0.388. The Hall–Kier alpha value is -2.14. The molecule has 1 heterocycles. The molecule has 94 valence electrons. The monoisotopic (exact) mass is 246 g/mol. The lowest BCUT2D eigenvalue weighted by Crippen LogP contribution is -1.99. The molecule has 0 radical (unpaired) electrons. The van der Waals surface area contributed by atoms with Crippen LogP contribution in [0.25, 0.3) is 17.1 Å². The third-order valence-corrected chi connectivity index (χ3v) is 2.60. The van der Waals surface area contributed by atoms with Crippen molar-refractivity contribution in [2.24, 2.45) is 0 Å². The number of fused-ring (bicyclic) bond motifs is 1. The number of aliphatic hydroxyl groups excluding tert-OH is 1. The van der Waals surface area contributed by atoms with Crippen molar-refractivity contribution in [1.82, 2.24) is 9.55 Å². The summed E-state index contributed by atoms with van der Waals surface area (Å²) >= 11 is 0. The number of esters is 1. The van der Waals surface area contributed by atoms with Gasteiger partial charge in [-0.2, -0.15) is 0 Å². The molecule has 0 saturated carbocycles. The Balaban J connectivity index is 2.28. The highest BCUT2D eigenvalue weighted by molar-refractivity contribution is 5.88. The summed E-state index contributed by atoms with van der Waals surface area (Å²) in [6.45, 7) is 0.600. The van der Waals surface area contributed by atoms with E-state index >= 15 is 0 Å². The van der Waals surface area contributed by atoms with Gasteiger partial charge in [0.2, 0.25) is 0 Å². The van der Waals surface area contributed by atoms with Crippen molar-refractivity contribution in [3.05, 3.63) is 36.2 Å². The lowest BCUT2D eigenvalue weighted by Gasteiger charge is -2.00. The first-order valence-corrected chi connectivity index (χ1v) is 5.56. The van der Waals surface area contributed by atoms with Crippen LogP contribution in [0.3, 0.4) is 0 Å². The minimum Gasteiger partial charge on any atom is -0.466 e. The molecule has 0 aliphatic rings. The molecule has 18 heavy (non-hydrogen) atoms. The Kier molecular flexibility index (Phi) is 3.74. The summed E-state index contributed by atoms with van der Waals surface area (Å²) in [5, 5.41) is 8.91. The number of imidazole rings is 1. The molecule has 1 aromatic carbocycles. The van der Waals surface area contributed by atoms with E-state index in [0.29, 0.717) is 6.54 Å². The summed E-state index contributed by atoms with van der Waals surface area (Å²) in [6.07, 6.45) is 4.73. The van der Waals surface area contributed by atoms with Gasteiger partial charge in [0, 0.05) is 12.6 Å². The van der Waals surface area contributed by atoms with Crippen LogP contribution in [0.4, 0.5) is 0 Å². The van der Waals surface area contributed by atoms with Gasteiger partial charge in [0.15, 0.2) is 0 Å². The van der Waals surface area contributed by atoms with Crippen LogP contribution in [0, 0.1) is 0 Å². The van der Waals surface area contributed by atoms with E-state index in [-0.39, 0.29) is 12.6 Å². The highest BCUT2D eigenvalue weighted by Gasteiger charge is 2.02. The van der Waals surface area contributed by atoms with Crippen LogP contribution in [-0.2, 0) is 16.1 Å². The van der Waals surface area contributed by atoms with Crippen LogP contribution >= 0.6 is 0 Å². The summed E-state index contributed by atoms with van der Waals surface area (Å²) in [5.41, 5.74) is 2.66. The topological polar surface area (TPSA) is 64.3 Å². The number of nitrogens with zero attached hydrogens (tertiary/aromatic N) is 2.